The Kier molecular flexibility index (Phi) is 6.02. The number of rotatable bonds is 0. The van der Waals surface area contributed by atoms with Crippen LogP contribution in [0.2, 0.25) is 5.02 Å². The molecule has 0 saturated heterocycles. The predicted molar refractivity (Wildman–Crippen MR) is 121 cm³/mol. The molecule has 4 rings (SSSR count). The highest BCUT2D eigenvalue weighted by atomic mass is 35.5. The number of amides is 1. The van der Waals surface area contributed by atoms with Gasteiger partial charge in [0.25, 0.3) is 15.9 Å². The third-order valence-corrected chi connectivity index (χ3v) is 7.13. The van der Waals surface area contributed by atoms with Gasteiger partial charge in [-0.25, -0.2) is 17.2 Å². The van der Waals surface area contributed by atoms with Gasteiger partial charge in [-0.1, -0.05) is 35.9 Å². The zero-order valence-corrected chi connectivity index (χ0v) is 19.0. The summed E-state index contributed by atoms with van der Waals surface area (Å²) in [5.74, 6) is -3.29. The molecule has 4 bridgehead atoms. The van der Waals surface area contributed by atoms with E-state index in [0.717, 1.165) is 17.7 Å². The van der Waals surface area contributed by atoms with Crippen molar-refractivity contribution in [1.82, 2.24) is 4.90 Å². The highest BCUT2D eigenvalue weighted by molar-refractivity contribution is 7.92. The highest BCUT2D eigenvalue weighted by Crippen LogP contribution is 2.36. The summed E-state index contributed by atoms with van der Waals surface area (Å²) in [6.07, 6.45) is 1.03. The third-order valence-electron chi connectivity index (χ3n) is 5.46. The van der Waals surface area contributed by atoms with Crippen molar-refractivity contribution in [1.29, 1.82) is 0 Å². The normalized spacial score (nSPS) is 15.8. The van der Waals surface area contributed by atoms with Crippen LogP contribution in [0.1, 0.15) is 22.3 Å². The first kappa shape index (κ1) is 23.0. The molecule has 1 amide bonds. The van der Waals surface area contributed by atoms with Crippen molar-refractivity contribution in [2.45, 2.75) is 17.7 Å². The number of aryl methyl sites for hydroxylation is 1. The van der Waals surface area contributed by atoms with E-state index in [0.29, 0.717) is 31.0 Å². The van der Waals surface area contributed by atoms with E-state index < -0.39 is 43.9 Å². The summed E-state index contributed by atoms with van der Waals surface area (Å²) in [5.41, 5.74) is 0.677. The van der Waals surface area contributed by atoms with E-state index >= 15 is 0 Å². The molecule has 1 heterocycles. The molecule has 3 aromatic rings. The van der Waals surface area contributed by atoms with Crippen LogP contribution in [0.4, 0.5) is 14.5 Å². The van der Waals surface area contributed by atoms with Crippen LogP contribution in [0.15, 0.2) is 53.4 Å². The van der Waals surface area contributed by atoms with Crippen LogP contribution >= 0.6 is 11.6 Å². The minimum absolute atomic E-state index is 0.0139. The Morgan fingerprint density at radius 2 is 1.79 bits per heavy atom. The number of aromatic hydroxyl groups is 1. The number of hydrogen-bond acceptors (Lipinski definition) is 4. The quantitative estimate of drug-likeness (QED) is 0.471. The summed E-state index contributed by atoms with van der Waals surface area (Å²) in [6, 6.07) is 10.7. The van der Waals surface area contributed by atoms with Gasteiger partial charge < -0.3 is 10.0 Å². The number of phenols is 1. The summed E-state index contributed by atoms with van der Waals surface area (Å²) < 4.78 is 57.4. The maximum absolute atomic E-state index is 14.8. The van der Waals surface area contributed by atoms with Gasteiger partial charge in [-0.05, 0) is 42.2 Å². The Labute approximate surface area is 194 Å². The van der Waals surface area contributed by atoms with Crippen LogP contribution in [0.5, 0.6) is 5.75 Å². The van der Waals surface area contributed by atoms with Crippen LogP contribution in [0.3, 0.4) is 0 Å². The molecular formula is C23H19ClF2N2O4S. The number of nitrogens with zero attached hydrogens (tertiary/aromatic N) is 1. The van der Waals surface area contributed by atoms with Gasteiger partial charge in [0.05, 0.1) is 10.7 Å². The number of benzene rings is 3. The van der Waals surface area contributed by atoms with Gasteiger partial charge in [-0.15, -0.1) is 0 Å². The number of nitrogens with one attached hydrogen (secondary N) is 1. The molecule has 0 fully saturated rings. The van der Waals surface area contributed by atoms with E-state index in [-0.39, 0.29) is 16.1 Å². The Hall–Kier alpha value is -3.17. The van der Waals surface area contributed by atoms with Crippen molar-refractivity contribution in [2.75, 3.05) is 18.3 Å². The van der Waals surface area contributed by atoms with E-state index in [4.69, 9.17) is 11.6 Å². The third kappa shape index (κ3) is 4.38. The van der Waals surface area contributed by atoms with Crippen molar-refractivity contribution in [3.05, 3.63) is 76.3 Å². The Morgan fingerprint density at radius 1 is 1.06 bits per heavy atom. The largest absolute Gasteiger partial charge is 0.505 e. The fraction of sp³-hybridized carbons (Fsp3) is 0.174. The van der Waals surface area contributed by atoms with E-state index in [1.54, 1.807) is 31.3 Å². The van der Waals surface area contributed by atoms with Crippen LogP contribution in [0.25, 0.3) is 11.1 Å². The highest BCUT2D eigenvalue weighted by Gasteiger charge is 2.27. The molecule has 0 atom stereocenters. The average Bonchev–Trinajstić information content (AvgIpc) is 2.76. The zero-order valence-electron chi connectivity index (χ0n) is 17.4. The molecular weight excluding hydrogens is 474 g/mol. The SMILES string of the molecule is CN1CCCc2ccccc2-c2cc(c(F)cc2F)NS(=O)(=O)c2cc(cc(Cl)c2O)C1=O. The molecule has 0 saturated carbocycles. The fourth-order valence-corrected chi connectivity index (χ4v) is 5.24. The summed E-state index contributed by atoms with van der Waals surface area (Å²) >= 11 is 5.99. The van der Waals surface area contributed by atoms with Crippen LogP contribution < -0.4 is 4.72 Å². The van der Waals surface area contributed by atoms with E-state index in [1.807, 2.05) is 4.72 Å². The van der Waals surface area contributed by atoms with Crippen LogP contribution in [-0.4, -0.2) is 37.9 Å². The Balaban J connectivity index is 1.95. The minimum atomic E-state index is -4.60. The van der Waals surface area contributed by atoms with Gasteiger partial charge in [0, 0.05) is 30.8 Å². The smallest absolute Gasteiger partial charge is 0.265 e. The van der Waals surface area contributed by atoms with Gasteiger partial charge in [0.2, 0.25) is 0 Å². The predicted octanol–water partition coefficient (Wildman–Crippen LogP) is 4.81. The lowest BCUT2D eigenvalue weighted by Crippen LogP contribution is -2.28. The van der Waals surface area contributed by atoms with Gasteiger partial charge in [0.15, 0.2) is 5.75 Å². The summed E-state index contributed by atoms with van der Waals surface area (Å²) in [7, 11) is -3.05. The maximum atomic E-state index is 14.8. The number of carbonyl (C=O) groups excluding carboxylic acids is 1. The number of fused-ring (bicyclic) bond motifs is 6. The molecule has 0 aliphatic carbocycles. The lowest BCUT2D eigenvalue weighted by molar-refractivity contribution is 0.0793. The van der Waals surface area contributed by atoms with E-state index in [1.165, 1.54) is 11.0 Å². The van der Waals surface area contributed by atoms with Gasteiger partial charge in [0.1, 0.15) is 16.5 Å². The summed E-state index contributed by atoms with van der Waals surface area (Å²) in [4.78, 5) is 13.6. The molecule has 0 unspecified atom stereocenters. The molecule has 0 spiro atoms. The second-order valence-electron chi connectivity index (χ2n) is 7.71. The molecule has 3 aromatic carbocycles. The fourth-order valence-electron chi connectivity index (χ4n) is 3.77. The standard InChI is InChI=1S/C23H19ClF2N2O4S/c1-28-8-4-6-13-5-2-3-7-15(13)16-11-20(19(26)12-18(16)25)27-33(31,32)21-10-14(23(28)30)9-17(24)22(21)29/h2-3,5,7,9-12,27,29H,4,6,8H2,1H3. The first-order valence-corrected chi connectivity index (χ1v) is 11.8. The van der Waals surface area contributed by atoms with Gasteiger partial charge in [-0.3, -0.25) is 9.52 Å². The molecule has 10 heteroatoms. The van der Waals surface area contributed by atoms with Crippen molar-refractivity contribution < 1.29 is 27.1 Å². The Bertz CT molecular complexity index is 1380. The number of carbonyl (C=O) groups is 1. The zero-order chi connectivity index (χ0) is 23.9. The molecule has 33 heavy (non-hydrogen) atoms. The summed E-state index contributed by atoms with van der Waals surface area (Å²) in [6.45, 7) is 0.323. The first-order chi connectivity index (χ1) is 15.6. The lowest BCUT2D eigenvalue weighted by atomic mass is 9.95. The molecule has 1 aliphatic heterocycles. The second kappa shape index (κ2) is 8.64. The maximum Gasteiger partial charge on any atom is 0.265 e. The first-order valence-electron chi connectivity index (χ1n) is 9.96. The summed E-state index contributed by atoms with van der Waals surface area (Å²) in [5, 5.41) is 9.93. The molecule has 6 nitrogen and oxygen atoms in total. The van der Waals surface area contributed by atoms with Crippen molar-refractivity contribution >= 4 is 33.2 Å². The number of halogens is 3. The van der Waals surface area contributed by atoms with E-state index in [2.05, 4.69) is 0 Å². The number of anilines is 1. The number of sulfonamides is 1. The van der Waals surface area contributed by atoms with Crippen molar-refractivity contribution in [3.8, 4) is 16.9 Å². The number of hydrogen-bond donors (Lipinski definition) is 2. The second-order valence-corrected chi connectivity index (χ2v) is 9.77. The average molecular weight is 493 g/mol. The monoisotopic (exact) mass is 492 g/mol. The van der Waals surface area contributed by atoms with Gasteiger partial charge in [-0.2, -0.15) is 0 Å². The van der Waals surface area contributed by atoms with Crippen molar-refractivity contribution in [3.63, 3.8) is 0 Å². The topological polar surface area (TPSA) is 86.7 Å². The number of phenolic OH excluding ortho intramolecular Hbond substituents is 1. The molecule has 2 N–H and O–H groups in total. The van der Waals surface area contributed by atoms with Crippen LogP contribution in [-0.2, 0) is 16.4 Å². The Morgan fingerprint density at radius 3 is 2.55 bits per heavy atom. The molecule has 1 aliphatic rings. The van der Waals surface area contributed by atoms with E-state index in [9.17, 15) is 27.1 Å². The minimum Gasteiger partial charge on any atom is -0.505 e. The molecule has 0 radical (unpaired) electrons. The van der Waals surface area contributed by atoms with Crippen LogP contribution in [0, 0.1) is 11.6 Å². The molecule has 172 valence electrons. The lowest BCUT2D eigenvalue weighted by Gasteiger charge is -2.18. The van der Waals surface area contributed by atoms with Gasteiger partial charge >= 0.3 is 0 Å². The van der Waals surface area contributed by atoms with Crippen molar-refractivity contribution in [2.24, 2.45) is 0 Å². The molecule has 0 aromatic heterocycles.